The van der Waals surface area contributed by atoms with Crippen molar-refractivity contribution in [1.82, 2.24) is 13.7 Å². The zero-order valence-electron chi connectivity index (χ0n) is 10.7. The van der Waals surface area contributed by atoms with Crippen LogP contribution in [0.4, 0.5) is 0 Å². The maximum Gasteiger partial charge on any atom is 0.285 e. The predicted molar refractivity (Wildman–Crippen MR) is 72.9 cm³/mol. The lowest BCUT2D eigenvalue weighted by Crippen LogP contribution is -2.33. The number of halogens is 1. The van der Waals surface area contributed by atoms with E-state index in [1.807, 2.05) is 6.92 Å². The molecule has 1 fully saturated rings. The lowest BCUT2D eigenvalue weighted by molar-refractivity contribution is -0.123. The number of nitrogens with zero attached hydrogens (tertiary/aromatic N) is 3. The molecule has 0 spiro atoms. The van der Waals surface area contributed by atoms with Gasteiger partial charge in [0, 0.05) is 19.2 Å². The molecule has 1 aliphatic rings. The van der Waals surface area contributed by atoms with Crippen LogP contribution in [0.1, 0.15) is 13.3 Å². The molecule has 0 saturated carbocycles. The predicted octanol–water partition coefficient (Wildman–Crippen LogP) is 1.54. The number of rotatable bonds is 2. The Morgan fingerprint density at radius 3 is 2.80 bits per heavy atom. The van der Waals surface area contributed by atoms with Gasteiger partial charge >= 0.3 is 0 Å². The maximum absolute atomic E-state index is 12.6. The number of carbonyl (C=O) groups excluding carboxylic acids is 1. The number of fused-ring (bicyclic) bond motifs is 1. The van der Waals surface area contributed by atoms with Gasteiger partial charge in [0.05, 0.1) is 0 Å². The summed E-state index contributed by atoms with van der Waals surface area (Å²) >= 11 is 5.97. The van der Waals surface area contributed by atoms with Crippen molar-refractivity contribution in [3.8, 4) is 0 Å². The Balaban J connectivity index is 2.20. The number of sulfonamides is 1. The number of hydrogen-bond donors (Lipinski definition) is 0. The van der Waals surface area contributed by atoms with Crippen LogP contribution < -0.4 is 0 Å². The number of carbonyl (C=O) groups is 1. The van der Waals surface area contributed by atoms with Gasteiger partial charge in [0.1, 0.15) is 5.65 Å². The summed E-state index contributed by atoms with van der Waals surface area (Å²) in [7, 11) is -3.98. The average Bonchev–Trinajstić information content (AvgIpc) is 2.88. The molecular weight excluding hydrogens is 302 g/mol. The molecule has 0 aromatic carbocycles. The Labute approximate surface area is 121 Å². The fourth-order valence-electron chi connectivity index (χ4n) is 2.36. The average molecular weight is 314 g/mol. The van der Waals surface area contributed by atoms with E-state index in [0.717, 1.165) is 4.31 Å². The molecule has 20 heavy (non-hydrogen) atoms. The quantitative estimate of drug-likeness (QED) is 0.843. The van der Waals surface area contributed by atoms with Gasteiger partial charge in [-0.25, -0.2) is 9.29 Å². The zero-order valence-corrected chi connectivity index (χ0v) is 12.2. The van der Waals surface area contributed by atoms with Crippen LogP contribution in [0.5, 0.6) is 0 Å². The van der Waals surface area contributed by atoms with Gasteiger partial charge in [-0.05, 0) is 18.1 Å². The third kappa shape index (κ3) is 1.89. The molecule has 0 aliphatic carbocycles. The molecule has 1 aliphatic heterocycles. The third-order valence-corrected chi connectivity index (χ3v) is 5.45. The van der Waals surface area contributed by atoms with Crippen LogP contribution in [0, 0.1) is 5.92 Å². The van der Waals surface area contributed by atoms with Gasteiger partial charge in [0.25, 0.3) is 10.0 Å². The molecule has 1 saturated heterocycles. The first-order chi connectivity index (χ1) is 9.41. The van der Waals surface area contributed by atoms with Crippen LogP contribution in [-0.4, -0.2) is 34.6 Å². The van der Waals surface area contributed by atoms with E-state index < -0.39 is 15.9 Å². The van der Waals surface area contributed by atoms with Gasteiger partial charge in [-0.1, -0.05) is 24.6 Å². The summed E-state index contributed by atoms with van der Waals surface area (Å²) in [6.45, 7) is 2.01. The molecule has 1 atom stereocenters. The lowest BCUT2D eigenvalue weighted by atomic mass is 10.2. The summed E-state index contributed by atoms with van der Waals surface area (Å²) in [6.07, 6.45) is 1.79. The molecule has 2 aromatic rings. The standard InChI is InChI=1S/C12H12ClN3O3S/c1-8-6-10(17)16(7-8)20(18,19)12-11(13)14-9-4-2-3-5-15(9)12/h2-5,8H,6-7H2,1H3. The number of imidazole rings is 1. The Bertz CT molecular complexity index is 799. The van der Waals surface area contributed by atoms with Crippen LogP contribution in [0.25, 0.3) is 5.65 Å². The zero-order chi connectivity index (χ0) is 14.5. The summed E-state index contributed by atoms with van der Waals surface area (Å²) in [5, 5.41) is -0.277. The van der Waals surface area contributed by atoms with Crippen molar-refractivity contribution in [2.24, 2.45) is 5.92 Å². The largest absolute Gasteiger partial charge is 0.288 e. The molecule has 8 heteroatoms. The van der Waals surface area contributed by atoms with Crippen molar-refractivity contribution in [2.45, 2.75) is 18.4 Å². The van der Waals surface area contributed by atoms with E-state index in [-0.39, 0.29) is 29.1 Å². The van der Waals surface area contributed by atoms with E-state index in [0.29, 0.717) is 5.65 Å². The summed E-state index contributed by atoms with van der Waals surface area (Å²) in [6, 6.07) is 5.07. The second-order valence-electron chi connectivity index (χ2n) is 4.88. The van der Waals surface area contributed by atoms with E-state index >= 15 is 0 Å². The van der Waals surface area contributed by atoms with Gasteiger partial charge in [-0.15, -0.1) is 0 Å². The Morgan fingerprint density at radius 1 is 1.40 bits per heavy atom. The minimum absolute atomic E-state index is 0.00948. The number of amides is 1. The molecule has 3 rings (SSSR count). The van der Waals surface area contributed by atoms with Gasteiger partial charge < -0.3 is 0 Å². The summed E-state index contributed by atoms with van der Waals surface area (Å²) in [4.78, 5) is 15.9. The molecule has 0 radical (unpaired) electrons. The molecule has 106 valence electrons. The van der Waals surface area contributed by atoms with Crippen molar-refractivity contribution in [3.05, 3.63) is 29.5 Å². The lowest BCUT2D eigenvalue weighted by Gasteiger charge is -2.16. The molecule has 2 aromatic heterocycles. The summed E-state index contributed by atoms with van der Waals surface area (Å²) in [5.41, 5.74) is 0.427. The highest BCUT2D eigenvalue weighted by molar-refractivity contribution is 7.89. The van der Waals surface area contributed by atoms with Crippen LogP contribution in [0.2, 0.25) is 5.15 Å². The smallest absolute Gasteiger partial charge is 0.285 e. The Hall–Kier alpha value is -1.60. The highest BCUT2D eigenvalue weighted by Gasteiger charge is 2.39. The molecule has 3 heterocycles. The Morgan fingerprint density at radius 2 is 2.15 bits per heavy atom. The van der Waals surface area contributed by atoms with Crippen molar-refractivity contribution >= 4 is 33.2 Å². The fraction of sp³-hybridized carbons (Fsp3) is 0.333. The highest BCUT2D eigenvalue weighted by atomic mass is 35.5. The van der Waals surface area contributed by atoms with E-state index in [1.54, 1.807) is 24.4 Å². The second-order valence-corrected chi connectivity index (χ2v) is 7.01. The fourth-order valence-corrected chi connectivity index (χ4v) is 4.50. The molecule has 0 bridgehead atoms. The highest BCUT2D eigenvalue weighted by Crippen LogP contribution is 2.29. The summed E-state index contributed by atoms with van der Waals surface area (Å²) in [5.74, 6) is -0.394. The normalized spacial score (nSPS) is 20.0. The molecule has 0 N–H and O–H groups in total. The first kappa shape index (κ1) is 13.4. The molecule has 1 amide bonds. The van der Waals surface area contributed by atoms with Gasteiger partial charge in [0.15, 0.2) is 10.2 Å². The number of aromatic nitrogens is 2. The maximum atomic E-state index is 12.6. The summed E-state index contributed by atoms with van der Waals surface area (Å²) < 4.78 is 27.6. The minimum atomic E-state index is -3.98. The van der Waals surface area contributed by atoms with E-state index in [9.17, 15) is 13.2 Å². The van der Waals surface area contributed by atoms with Gasteiger partial charge in [-0.2, -0.15) is 8.42 Å². The van der Waals surface area contributed by atoms with E-state index in [1.165, 1.54) is 4.40 Å². The minimum Gasteiger partial charge on any atom is -0.288 e. The monoisotopic (exact) mass is 313 g/mol. The molecular formula is C12H12ClN3O3S. The van der Waals surface area contributed by atoms with Crippen molar-refractivity contribution in [2.75, 3.05) is 6.54 Å². The first-order valence-corrected chi connectivity index (χ1v) is 7.91. The molecule has 6 nitrogen and oxygen atoms in total. The third-order valence-electron chi connectivity index (χ3n) is 3.26. The SMILES string of the molecule is CC1CC(=O)N(S(=O)(=O)c2c(Cl)nc3ccccn23)C1. The first-order valence-electron chi connectivity index (χ1n) is 6.09. The molecule has 1 unspecified atom stereocenters. The number of pyridine rings is 1. The van der Waals surface area contributed by atoms with Crippen molar-refractivity contribution in [3.63, 3.8) is 0 Å². The van der Waals surface area contributed by atoms with Gasteiger partial charge in [-0.3, -0.25) is 9.20 Å². The van der Waals surface area contributed by atoms with Crippen LogP contribution in [0.15, 0.2) is 29.4 Å². The van der Waals surface area contributed by atoms with Crippen LogP contribution in [0.3, 0.4) is 0 Å². The van der Waals surface area contributed by atoms with Crippen LogP contribution >= 0.6 is 11.6 Å². The topological polar surface area (TPSA) is 71.8 Å². The van der Waals surface area contributed by atoms with Crippen LogP contribution in [-0.2, 0) is 14.8 Å². The van der Waals surface area contributed by atoms with Crippen molar-refractivity contribution < 1.29 is 13.2 Å². The number of hydrogen-bond acceptors (Lipinski definition) is 4. The van der Waals surface area contributed by atoms with E-state index in [2.05, 4.69) is 4.98 Å². The Kier molecular flexibility index (Phi) is 2.98. The second kappa shape index (κ2) is 4.46. The van der Waals surface area contributed by atoms with E-state index in [4.69, 9.17) is 11.6 Å². The van der Waals surface area contributed by atoms with Gasteiger partial charge in [0.2, 0.25) is 5.91 Å². The van der Waals surface area contributed by atoms with Crippen molar-refractivity contribution in [1.29, 1.82) is 0 Å².